The number of hydrogen-bond acceptors (Lipinski definition) is 2. The molecule has 0 aromatic heterocycles. The van der Waals surface area contributed by atoms with Crippen LogP contribution in [0.3, 0.4) is 0 Å². The van der Waals surface area contributed by atoms with E-state index in [9.17, 15) is 0 Å². The Bertz CT molecular complexity index is 470. The van der Waals surface area contributed by atoms with Gasteiger partial charge in [0.15, 0.2) is 0 Å². The van der Waals surface area contributed by atoms with E-state index >= 15 is 0 Å². The Balaban J connectivity index is 2.40. The van der Waals surface area contributed by atoms with Crippen LogP contribution < -0.4 is 0 Å². The molecular weight excluding hydrogens is 284 g/mol. The van der Waals surface area contributed by atoms with Crippen LogP contribution >= 0.6 is 11.6 Å². The van der Waals surface area contributed by atoms with E-state index < -0.39 is 5.79 Å². The van der Waals surface area contributed by atoms with Crippen molar-refractivity contribution in [1.29, 1.82) is 0 Å². The minimum atomic E-state index is -0.831. The zero-order valence-electron chi connectivity index (χ0n) is 13.8. The van der Waals surface area contributed by atoms with E-state index in [1.54, 1.807) is 0 Å². The molecule has 1 aliphatic heterocycles. The zero-order valence-corrected chi connectivity index (χ0v) is 14.5. The monoisotopic (exact) mass is 310 g/mol. The Morgan fingerprint density at radius 1 is 1.10 bits per heavy atom. The molecule has 118 valence electrons. The van der Waals surface area contributed by atoms with E-state index in [1.165, 1.54) is 5.56 Å². The molecule has 1 atom stereocenters. The second-order valence-electron chi connectivity index (χ2n) is 7.28. The van der Waals surface area contributed by atoms with Gasteiger partial charge in [0.05, 0.1) is 18.6 Å². The molecule has 0 N–H and O–H groups in total. The summed E-state index contributed by atoms with van der Waals surface area (Å²) in [6.45, 7) is 12.0. The van der Waals surface area contributed by atoms with Crippen molar-refractivity contribution in [1.82, 2.24) is 0 Å². The maximum absolute atomic E-state index is 6.50. The Kier molecular flexibility index (Phi) is 5.02. The summed E-state index contributed by atoms with van der Waals surface area (Å²) in [6, 6.07) is 8.35. The first-order valence-corrected chi connectivity index (χ1v) is 8.21. The van der Waals surface area contributed by atoms with E-state index in [-0.39, 0.29) is 10.8 Å². The lowest BCUT2D eigenvalue weighted by Gasteiger charge is -2.46. The molecule has 1 aromatic carbocycles. The van der Waals surface area contributed by atoms with Gasteiger partial charge in [-0.05, 0) is 24.8 Å². The summed E-state index contributed by atoms with van der Waals surface area (Å²) in [7, 11) is 0. The SMILES string of the molecule is CC(C)Cc1ccccc1C1(C(C)Cl)OCC(C)(C)CO1. The third kappa shape index (κ3) is 3.61. The number of halogens is 1. The van der Waals surface area contributed by atoms with E-state index in [0.29, 0.717) is 19.1 Å². The molecule has 1 saturated heterocycles. The van der Waals surface area contributed by atoms with Gasteiger partial charge in [0, 0.05) is 11.0 Å². The first-order chi connectivity index (χ1) is 9.77. The van der Waals surface area contributed by atoms with Crippen LogP contribution in [0.4, 0.5) is 0 Å². The second-order valence-corrected chi connectivity index (χ2v) is 7.93. The Labute approximate surface area is 133 Å². The highest BCUT2D eigenvalue weighted by atomic mass is 35.5. The number of rotatable bonds is 4. The quantitative estimate of drug-likeness (QED) is 0.748. The summed E-state index contributed by atoms with van der Waals surface area (Å²) < 4.78 is 12.4. The predicted octanol–water partition coefficient (Wildman–Crippen LogP) is 4.74. The minimum absolute atomic E-state index is 0.0300. The maximum Gasteiger partial charge on any atom is 0.211 e. The summed E-state index contributed by atoms with van der Waals surface area (Å²) in [5.41, 5.74) is 2.37. The van der Waals surface area contributed by atoms with Gasteiger partial charge < -0.3 is 9.47 Å². The van der Waals surface area contributed by atoms with Gasteiger partial charge in [0.25, 0.3) is 0 Å². The normalized spacial score (nSPS) is 22.2. The van der Waals surface area contributed by atoms with Crippen molar-refractivity contribution in [3.05, 3.63) is 35.4 Å². The molecule has 1 unspecified atom stereocenters. The Morgan fingerprint density at radius 2 is 1.67 bits per heavy atom. The molecule has 0 radical (unpaired) electrons. The molecule has 0 spiro atoms. The van der Waals surface area contributed by atoms with Crippen molar-refractivity contribution < 1.29 is 9.47 Å². The highest BCUT2D eigenvalue weighted by molar-refractivity contribution is 6.21. The average Bonchev–Trinajstić information content (AvgIpc) is 2.39. The van der Waals surface area contributed by atoms with Crippen molar-refractivity contribution >= 4 is 11.6 Å². The van der Waals surface area contributed by atoms with Gasteiger partial charge in [-0.1, -0.05) is 52.0 Å². The molecule has 1 aromatic rings. The predicted molar refractivity (Wildman–Crippen MR) is 87.7 cm³/mol. The molecule has 1 fully saturated rings. The fraction of sp³-hybridized carbons (Fsp3) is 0.667. The standard InChI is InChI=1S/C18H27ClO2/c1-13(2)10-15-8-6-7-9-16(15)18(14(3)19)20-11-17(4,5)12-21-18/h6-9,13-14H,10-12H2,1-5H3. The van der Waals surface area contributed by atoms with E-state index in [4.69, 9.17) is 21.1 Å². The van der Waals surface area contributed by atoms with Gasteiger partial charge in [-0.25, -0.2) is 0 Å². The average molecular weight is 311 g/mol. The molecule has 1 aliphatic rings. The Morgan fingerprint density at radius 3 is 2.19 bits per heavy atom. The summed E-state index contributed by atoms with van der Waals surface area (Å²) >= 11 is 6.50. The lowest BCUT2D eigenvalue weighted by Crippen LogP contribution is -2.50. The van der Waals surface area contributed by atoms with Gasteiger partial charge in [-0.15, -0.1) is 11.6 Å². The summed E-state index contributed by atoms with van der Waals surface area (Å²) in [5, 5.41) is -0.248. The molecule has 0 amide bonds. The molecule has 2 rings (SSSR count). The number of alkyl halides is 1. The highest BCUT2D eigenvalue weighted by Gasteiger charge is 2.46. The van der Waals surface area contributed by atoms with Crippen LogP contribution in [0.5, 0.6) is 0 Å². The molecule has 0 saturated carbocycles. The van der Waals surface area contributed by atoms with Gasteiger partial charge in [0.1, 0.15) is 0 Å². The van der Waals surface area contributed by atoms with Crippen molar-refractivity contribution in [3.8, 4) is 0 Å². The van der Waals surface area contributed by atoms with Gasteiger partial charge in [0.2, 0.25) is 5.79 Å². The van der Waals surface area contributed by atoms with Crippen LogP contribution in [0.15, 0.2) is 24.3 Å². The van der Waals surface area contributed by atoms with E-state index in [0.717, 1.165) is 12.0 Å². The van der Waals surface area contributed by atoms with Crippen molar-refractivity contribution in [2.24, 2.45) is 11.3 Å². The molecule has 21 heavy (non-hydrogen) atoms. The molecule has 3 heteroatoms. The van der Waals surface area contributed by atoms with Crippen LogP contribution in [0.1, 0.15) is 45.7 Å². The summed E-state index contributed by atoms with van der Waals surface area (Å²) in [6.07, 6.45) is 0.998. The van der Waals surface area contributed by atoms with Crippen molar-refractivity contribution in [2.45, 2.75) is 52.2 Å². The molecule has 1 heterocycles. The van der Waals surface area contributed by atoms with Crippen LogP contribution in [0.2, 0.25) is 0 Å². The smallest absolute Gasteiger partial charge is 0.211 e. The maximum atomic E-state index is 6.50. The van der Waals surface area contributed by atoms with Crippen LogP contribution in [-0.2, 0) is 21.7 Å². The number of hydrogen-bond donors (Lipinski definition) is 0. The number of benzene rings is 1. The van der Waals surface area contributed by atoms with Crippen molar-refractivity contribution in [3.63, 3.8) is 0 Å². The zero-order chi connectivity index (χ0) is 15.7. The third-order valence-corrected chi connectivity index (χ3v) is 4.19. The lowest BCUT2D eigenvalue weighted by atomic mass is 9.88. The molecule has 0 aliphatic carbocycles. The van der Waals surface area contributed by atoms with Crippen LogP contribution in [0, 0.1) is 11.3 Å². The fourth-order valence-corrected chi connectivity index (χ4v) is 3.01. The van der Waals surface area contributed by atoms with Gasteiger partial charge in [-0.2, -0.15) is 0 Å². The first kappa shape index (κ1) is 16.8. The Hall–Kier alpha value is -0.570. The topological polar surface area (TPSA) is 18.5 Å². The summed E-state index contributed by atoms with van der Waals surface area (Å²) in [4.78, 5) is 0. The second kappa shape index (κ2) is 6.28. The highest BCUT2D eigenvalue weighted by Crippen LogP contribution is 2.42. The van der Waals surface area contributed by atoms with E-state index in [2.05, 4.69) is 45.9 Å². The molecule has 0 bridgehead atoms. The van der Waals surface area contributed by atoms with Gasteiger partial charge in [-0.3, -0.25) is 0 Å². The largest absolute Gasteiger partial charge is 0.344 e. The first-order valence-electron chi connectivity index (χ1n) is 7.77. The van der Waals surface area contributed by atoms with E-state index in [1.807, 2.05) is 13.0 Å². The fourth-order valence-electron chi connectivity index (χ4n) is 2.77. The molecular formula is C18H27ClO2. The van der Waals surface area contributed by atoms with Crippen LogP contribution in [-0.4, -0.2) is 18.6 Å². The van der Waals surface area contributed by atoms with Gasteiger partial charge >= 0.3 is 0 Å². The van der Waals surface area contributed by atoms with Crippen LogP contribution in [0.25, 0.3) is 0 Å². The summed E-state index contributed by atoms with van der Waals surface area (Å²) in [5.74, 6) is -0.253. The van der Waals surface area contributed by atoms with Crippen molar-refractivity contribution in [2.75, 3.05) is 13.2 Å². The molecule has 2 nitrogen and oxygen atoms in total. The number of ether oxygens (including phenoxy) is 2. The lowest BCUT2D eigenvalue weighted by molar-refractivity contribution is -0.307. The third-order valence-electron chi connectivity index (χ3n) is 3.90. The minimum Gasteiger partial charge on any atom is -0.344 e.